The first-order chi connectivity index (χ1) is 13.7. The van der Waals surface area contributed by atoms with Crippen molar-refractivity contribution in [3.05, 3.63) is 29.8 Å². The van der Waals surface area contributed by atoms with Crippen LogP contribution in [0.4, 0.5) is 15.3 Å². The largest absolute Gasteiger partial charge is 0.528 e. The number of carbonyl (C=O) groups excluding carboxylic acids is 2. The second-order valence-electron chi connectivity index (χ2n) is 8.42. The number of amides is 1. The van der Waals surface area contributed by atoms with E-state index in [4.69, 9.17) is 19.0 Å². The molecule has 1 atom stereocenters. The fraction of sp³-hybridized carbons (Fsp3) is 0.619. The Hall–Kier alpha value is -2.32. The molecule has 0 radical (unpaired) electrons. The molecule has 0 aliphatic carbocycles. The van der Waals surface area contributed by atoms with Gasteiger partial charge in [0.2, 0.25) is 0 Å². The van der Waals surface area contributed by atoms with Gasteiger partial charge in [-0.1, -0.05) is 12.1 Å². The maximum atomic E-state index is 12.0. The molecule has 1 amide bonds. The van der Waals surface area contributed by atoms with Crippen LogP contribution in [0.5, 0.6) is 0 Å². The van der Waals surface area contributed by atoms with Crippen molar-refractivity contribution in [2.45, 2.75) is 51.2 Å². The van der Waals surface area contributed by atoms with Crippen molar-refractivity contribution in [1.82, 2.24) is 5.06 Å². The van der Waals surface area contributed by atoms with E-state index >= 15 is 0 Å². The van der Waals surface area contributed by atoms with Gasteiger partial charge < -0.3 is 19.0 Å². The number of hydroxylamine groups is 2. The summed E-state index contributed by atoms with van der Waals surface area (Å²) >= 11 is 0. The van der Waals surface area contributed by atoms with Crippen LogP contribution in [-0.4, -0.2) is 62.4 Å². The number of hydrogen-bond acceptors (Lipinski definition) is 7. The van der Waals surface area contributed by atoms with E-state index in [1.165, 1.54) is 5.56 Å². The van der Waals surface area contributed by atoms with Crippen LogP contribution in [0.1, 0.15) is 45.1 Å². The van der Waals surface area contributed by atoms with Gasteiger partial charge in [-0.15, -0.1) is 5.06 Å². The normalized spacial score (nSPS) is 21.2. The quantitative estimate of drug-likeness (QED) is 0.690. The van der Waals surface area contributed by atoms with E-state index in [2.05, 4.69) is 12.1 Å². The number of methoxy groups -OCH3 is 1. The SMILES string of the molecule is COCC1CN(c2ccc(C3CCN(OC(=O)OC(C)(C)C)CC3)cc2)C(=O)O1. The monoisotopic (exact) mass is 406 g/mol. The molecule has 0 bridgehead atoms. The highest BCUT2D eigenvalue weighted by molar-refractivity contribution is 5.89. The standard InChI is InChI=1S/C21H30N2O6/c1-21(2,3)28-20(25)29-22-11-9-16(10-12-22)15-5-7-17(8-6-15)23-13-18(14-26-4)27-19(23)24/h5-8,16,18H,9-14H2,1-4H3. The lowest BCUT2D eigenvalue weighted by molar-refractivity contribution is -0.152. The molecule has 1 unspecified atom stereocenters. The third kappa shape index (κ3) is 5.83. The molecule has 2 aliphatic heterocycles. The Balaban J connectivity index is 1.50. The Kier molecular flexibility index (Phi) is 6.64. The lowest BCUT2D eigenvalue weighted by Crippen LogP contribution is -2.37. The van der Waals surface area contributed by atoms with Gasteiger partial charge in [-0.3, -0.25) is 4.90 Å². The molecule has 0 N–H and O–H groups in total. The molecule has 2 heterocycles. The van der Waals surface area contributed by atoms with E-state index in [1.54, 1.807) is 17.1 Å². The first kappa shape index (κ1) is 21.4. The number of hydrogen-bond donors (Lipinski definition) is 0. The van der Waals surface area contributed by atoms with E-state index in [-0.39, 0.29) is 12.2 Å². The first-order valence-corrected chi connectivity index (χ1v) is 9.98. The lowest BCUT2D eigenvalue weighted by atomic mass is 9.90. The van der Waals surface area contributed by atoms with Gasteiger partial charge in [-0.25, -0.2) is 9.59 Å². The molecule has 0 spiro atoms. The van der Waals surface area contributed by atoms with Crippen molar-refractivity contribution in [3.63, 3.8) is 0 Å². The molecule has 160 valence electrons. The van der Waals surface area contributed by atoms with Crippen LogP contribution in [0.15, 0.2) is 24.3 Å². The molecular formula is C21H30N2O6. The summed E-state index contributed by atoms with van der Waals surface area (Å²) in [4.78, 5) is 30.8. The first-order valence-electron chi connectivity index (χ1n) is 9.98. The highest BCUT2D eigenvalue weighted by Crippen LogP contribution is 2.30. The summed E-state index contributed by atoms with van der Waals surface area (Å²) in [6.07, 6.45) is 0.520. The van der Waals surface area contributed by atoms with Gasteiger partial charge in [0.25, 0.3) is 0 Å². The maximum Gasteiger partial charge on any atom is 0.528 e. The summed E-state index contributed by atoms with van der Waals surface area (Å²) in [6.45, 7) is 7.62. The number of anilines is 1. The predicted octanol–water partition coefficient (Wildman–Crippen LogP) is 3.70. The fourth-order valence-electron chi connectivity index (χ4n) is 3.59. The van der Waals surface area contributed by atoms with Crippen molar-refractivity contribution in [2.75, 3.05) is 38.3 Å². The van der Waals surface area contributed by atoms with E-state index in [1.807, 2.05) is 32.9 Å². The molecule has 0 saturated carbocycles. The molecule has 1 aromatic carbocycles. The Labute approximate surface area is 171 Å². The number of cyclic esters (lactones) is 1. The van der Waals surface area contributed by atoms with Crippen molar-refractivity contribution in [1.29, 1.82) is 0 Å². The van der Waals surface area contributed by atoms with Gasteiger partial charge in [0.15, 0.2) is 0 Å². The molecule has 3 rings (SSSR count). The smallest absolute Gasteiger partial charge is 0.441 e. The lowest BCUT2D eigenvalue weighted by Gasteiger charge is -2.31. The number of nitrogens with zero attached hydrogens (tertiary/aromatic N) is 2. The van der Waals surface area contributed by atoms with Gasteiger partial charge in [0.05, 0.1) is 13.2 Å². The molecule has 2 saturated heterocycles. The summed E-state index contributed by atoms with van der Waals surface area (Å²) in [6, 6.07) is 8.02. The van der Waals surface area contributed by atoms with Crippen LogP contribution in [0.25, 0.3) is 0 Å². The van der Waals surface area contributed by atoms with Crippen molar-refractivity contribution < 1.29 is 28.6 Å². The van der Waals surface area contributed by atoms with Gasteiger partial charge in [-0.2, -0.15) is 0 Å². The summed E-state index contributed by atoms with van der Waals surface area (Å²) in [5.74, 6) is 0.384. The second-order valence-corrected chi connectivity index (χ2v) is 8.42. The minimum atomic E-state index is -0.662. The van der Waals surface area contributed by atoms with Crippen LogP contribution < -0.4 is 4.90 Å². The van der Waals surface area contributed by atoms with Gasteiger partial charge in [0, 0.05) is 25.9 Å². The topological polar surface area (TPSA) is 77.5 Å². The Bertz CT molecular complexity index is 707. The molecule has 2 aliphatic rings. The van der Waals surface area contributed by atoms with Gasteiger partial charge in [0.1, 0.15) is 11.7 Å². The highest BCUT2D eigenvalue weighted by Gasteiger charge is 2.32. The highest BCUT2D eigenvalue weighted by atomic mass is 16.8. The third-order valence-electron chi connectivity index (χ3n) is 4.95. The zero-order valence-corrected chi connectivity index (χ0v) is 17.6. The van der Waals surface area contributed by atoms with E-state index in [0.717, 1.165) is 18.5 Å². The van der Waals surface area contributed by atoms with Crippen LogP contribution in [0.2, 0.25) is 0 Å². The van der Waals surface area contributed by atoms with Crippen molar-refractivity contribution >= 4 is 17.9 Å². The van der Waals surface area contributed by atoms with E-state index in [0.29, 0.717) is 32.2 Å². The van der Waals surface area contributed by atoms with Crippen LogP contribution >= 0.6 is 0 Å². The Morgan fingerprint density at radius 2 is 1.83 bits per heavy atom. The average molecular weight is 406 g/mol. The van der Waals surface area contributed by atoms with Crippen LogP contribution in [-0.2, 0) is 19.0 Å². The number of benzene rings is 1. The van der Waals surface area contributed by atoms with Gasteiger partial charge >= 0.3 is 12.2 Å². The number of rotatable bonds is 5. The molecule has 1 aromatic rings. The Morgan fingerprint density at radius 1 is 1.17 bits per heavy atom. The summed E-state index contributed by atoms with van der Waals surface area (Å²) in [5.41, 5.74) is 1.47. The van der Waals surface area contributed by atoms with Crippen molar-refractivity contribution in [3.8, 4) is 0 Å². The summed E-state index contributed by atoms with van der Waals surface area (Å²) in [5, 5.41) is 1.66. The third-order valence-corrected chi connectivity index (χ3v) is 4.95. The summed E-state index contributed by atoms with van der Waals surface area (Å²) in [7, 11) is 1.59. The molecule has 8 heteroatoms. The number of piperidine rings is 1. The van der Waals surface area contributed by atoms with Gasteiger partial charge in [-0.05, 0) is 57.2 Å². The van der Waals surface area contributed by atoms with Crippen molar-refractivity contribution in [2.24, 2.45) is 0 Å². The fourth-order valence-corrected chi connectivity index (χ4v) is 3.59. The minimum Gasteiger partial charge on any atom is -0.441 e. The molecule has 2 fully saturated rings. The molecular weight excluding hydrogens is 376 g/mol. The molecule has 0 aromatic heterocycles. The van der Waals surface area contributed by atoms with Crippen LogP contribution in [0, 0.1) is 0 Å². The van der Waals surface area contributed by atoms with E-state index < -0.39 is 11.8 Å². The number of ether oxygens (including phenoxy) is 3. The summed E-state index contributed by atoms with van der Waals surface area (Å²) < 4.78 is 15.6. The van der Waals surface area contributed by atoms with E-state index in [9.17, 15) is 9.59 Å². The zero-order valence-electron chi connectivity index (χ0n) is 17.6. The number of carbonyl (C=O) groups is 2. The Morgan fingerprint density at radius 3 is 2.41 bits per heavy atom. The second kappa shape index (κ2) is 9.00. The van der Waals surface area contributed by atoms with Crippen LogP contribution in [0.3, 0.4) is 0 Å². The molecule has 8 nitrogen and oxygen atoms in total. The zero-order chi connectivity index (χ0) is 21.0. The predicted molar refractivity (Wildman–Crippen MR) is 107 cm³/mol. The maximum absolute atomic E-state index is 12.0. The molecule has 29 heavy (non-hydrogen) atoms. The average Bonchev–Trinajstić information content (AvgIpc) is 3.01. The minimum absolute atomic E-state index is 0.235.